The van der Waals surface area contributed by atoms with Crippen LogP contribution in [0.1, 0.15) is 16.7 Å². The minimum absolute atomic E-state index is 0.114. The fourth-order valence-electron chi connectivity index (χ4n) is 2.34. The smallest absolute Gasteiger partial charge is 0.104 e. The van der Waals surface area contributed by atoms with E-state index in [1.807, 2.05) is 37.3 Å². The van der Waals surface area contributed by atoms with E-state index in [-0.39, 0.29) is 6.61 Å². The SMILES string of the molecule is Cc1cc(N(CCO)Cc2ccccc2)ccc1C(N)=S. The van der Waals surface area contributed by atoms with E-state index in [4.69, 9.17) is 18.0 Å². The molecule has 0 fully saturated rings. The summed E-state index contributed by atoms with van der Waals surface area (Å²) < 4.78 is 0. The average Bonchev–Trinajstić information content (AvgIpc) is 2.47. The molecule has 2 aromatic carbocycles. The third-order valence-corrected chi connectivity index (χ3v) is 3.65. The minimum Gasteiger partial charge on any atom is -0.395 e. The van der Waals surface area contributed by atoms with Gasteiger partial charge in [0.1, 0.15) is 4.99 Å². The van der Waals surface area contributed by atoms with Gasteiger partial charge >= 0.3 is 0 Å². The number of thiocarbonyl (C=S) groups is 1. The number of nitrogens with zero attached hydrogens (tertiary/aromatic N) is 1. The van der Waals surface area contributed by atoms with Crippen LogP contribution in [0, 0.1) is 6.92 Å². The third kappa shape index (κ3) is 4.03. The standard InChI is InChI=1S/C17H20N2OS/c1-13-11-15(7-8-16(13)17(18)21)19(9-10-20)12-14-5-3-2-4-6-14/h2-8,11,20H,9-10,12H2,1H3,(H2,18,21). The van der Waals surface area contributed by atoms with Crippen molar-refractivity contribution < 1.29 is 5.11 Å². The van der Waals surface area contributed by atoms with Crippen LogP contribution in [0.15, 0.2) is 48.5 Å². The highest BCUT2D eigenvalue weighted by Crippen LogP contribution is 2.21. The second kappa shape index (κ2) is 7.20. The predicted molar refractivity (Wildman–Crippen MR) is 91.6 cm³/mol. The summed E-state index contributed by atoms with van der Waals surface area (Å²) in [7, 11) is 0. The Labute approximate surface area is 131 Å². The number of rotatable bonds is 6. The van der Waals surface area contributed by atoms with Crippen LogP contribution in [0.3, 0.4) is 0 Å². The molecule has 0 aliphatic carbocycles. The minimum atomic E-state index is 0.114. The lowest BCUT2D eigenvalue weighted by atomic mass is 10.1. The molecule has 0 saturated carbocycles. The molecule has 4 heteroatoms. The van der Waals surface area contributed by atoms with Crippen molar-refractivity contribution in [2.75, 3.05) is 18.1 Å². The first kappa shape index (κ1) is 15.5. The highest BCUT2D eigenvalue weighted by atomic mass is 32.1. The summed E-state index contributed by atoms with van der Waals surface area (Å²) in [5.74, 6) is 0. The molecular formula is C17H20N2OS. The van der Waals surface area contributed by atoms with Crippen LogP contribution in [-0.2, 0) is 6.54 Å². The zero-order chi connectivity index (χ0) is 15.2. The van der Waals surface area contributed by atoms with Crippen LogP contribution in [-0.4, -0.2) is 23.2 Å². The zero-order valence-corrected chi connectivity index (χ0v) is 12.9. The fraction of sp³-hybridized carbons (Fsp3) is 0.235. The van der Waals surface area contributed by atoms with Crippen molar-refractivity contribution in [3.63, 3.8) is 0 Å². The molecule has 0 aromatic heterocycles. The summed E-state index contributed by atoms with van der Waals surface area (Å²) >= 11 is 5.04. The first-order valence-electron chi connectivity index (χ1n) is 6.92. The number of aliphatic hydroxyl groups is 1. The summed E-state index contributed by atoms with van der Waals surface area (Å²) in [4.78, 5) is 2.56. The maximum absolute atomic E-state index is 9.31. The maximum atomic E-state index is 9.31. The van der Waals surface area contributed by atoms with Crippen LogP contribution in [0.25, 0.3) is 0 Å². The molecule has 0 bridgehead atoms. The molecule has 0 unspecified atom stereocenters. The number of aryl methyl sites for hydroxylation is 1. The van der Waals surface area contributed by atoms with E-state index in [9.17, 15) is 5.11 Å². The largest absolute Gasteiger partial charge is 0.395 e. The monoisotopic (exact) mass is 300 g/mol. The summed E-state index contributed by atoms with van der Waals surface area (Å²) in [6, 6.07) is 16.2. The van der Waals surface area contributed by atoms with E-state index >= 15 is 0 Å². The Hall–Kier alpha value is -1.91. The van der Waals surface area contributed by atoms with Gasteiger partial charge in [0.25, 0.3) is 0 Å². The molecule has 0 amide bonds. The van der Waals surface area contributed by atoms with Gasteiger partial charge in [-0.05, 0) is 36.2 Å². The number of nitrogens with two attached hydrogens (primary N) is 1. The quantitative estimate of drug-likeness (QED) is 0.805. The van der Waals surface area contributed by atoms with E-state index in [0.29, 0.717) is 11.5 Å². The Kier molecular flexibility index (Phi) is 5.31. The van der Waals surface area contributed by atoms with Gasteiger partial charge in [-0.3, -0.25) is 0 Å². The summed E-state index contributed by atoms with van der Waals surface area (Å²) in [6.07, 6.45) is 0. The predicted octanol–water partition coefficient (Wildman–Crippen LogP) is 2.63. The number of anilines is 1. The van der Waals surface area contributed by atoms with Gasteiger partial charge in [-0.2, -0.15) is 0 Å². The maximum Gasteiger partial charge on any atom is 0.104 e. The first-order valence-corrected chi connectivity index (χ1v) is 7.33. The summed E-state index contributed by atoms with van der Waals surface area (Å²) in [5, 5.41) is 9.31. The second-order valence-electron chi connectivity index (χ2n) is 4.99. The van der Waals surface area contributed by atoms with Crippen molar-refractivity contribution in [2.45, 2.75) is 13.5 Å². The van der Waals surface area contributed by atoms with Crippen LogP contribution >= 0.6 is 12.2 Å². The van der Waals surface area contributed by atoms with E-state index in [1.165, 1.54) is 5.56 Å². The van der Waals surface area contributed by atoms with Crippen LogP contribution < -0.4 is 10.6 Å². The molecule has 3 nitrogen and oxygen atoms in total. The Bertz CT molecular complexity index is 613. The van der Waals surface area contributed by atoms with Gasteiger partial charge in [0.05, 0.1) is 6.61 Å². The topological polar surface area (TPSA) is 49.5 Å². The molecule has 0 atom stereocenters. The van der Waals surface area contributed by atoms with E-state index in [0.717, 1.165) is 23.4 Å². The van der Waals surface area contributed by atoms with Crippen molar-refractivity contribution in [1.82, 2.24) is 0 Å². The molecule has 21 heavy (non-hydrogen) atoms. The number of benzene rings is 2. The summed E-state index contributed by atoms with van der Waals surface area (Å²) in [6.45, 7) is 3.45. The number of hydrogen-bond donors (Lipinski definition) is 2. The Balaban J connectivity index is 2.26. The fourth-order valence-corrected chi connectivity index (χ4v) is 2.57. The zero-order valence-electron chi connectivity index (χ0n) is 12.1. The summed E-state index contributed by atoms with van der Waals surface area (Å²) in [5.41, 5.74) is 9.92. The van der Waals surface area contributed by atoms with Crippen LogP contribution in [0.2, 0.25) is 0 Å². The molecule has 0 radical (unpaired) electrons. The average molecular weight is 300 g/mol. The van der Waals surface area contributed by atoms with Gasteiger partial charge in [-0.1, -0.05) is 42.5 Å². The number of hydrogen-bond acceptors (Lipinski definition) is 3. The van der Waals surface area contributed by atoms with Crippen molar-refractivity contribution in [2.24, 2.45) is 5.73 Å². The van der Waals surface area contributed by atoms with Crippen LogP contribution in [0.4, 0.5) is 5.69 Å². The molecular weight excluding hydrogens is 280 g/mol. The highest BCUT2D eigenvalue weighted by molar-refractivity contribution is 7.80. The number of aliphatic hydroxyl groups excluding tert-OH is 1. The lowest BCUT2D eigenvalue weighted by molar-refractivity contribution is 0.301. The van der Waals surface area contributed by atoms with Gasteiger partial charge < -0.3 is 15.7 Å². The van der Waals surface area contributed by atoms with Gasteiger partial charge in [-0.25, -0.2) is 0 Å². The third-order valence-electron chi connectivity index (χ3n) is 3.43. The van der Waals surface area contributed by atoms with Gasteiger partial charge in [0, 0.05) is 24.3 Å². The molecule has 3 N–H and O–H groups in total. The van der Waals surface area contributed by atoms with Gasteiger partial charge in [-0.15, -0.1) is 0 Å². The lowest BCUT2D eigenvalue weighted by Crippen LogP contribution is -2.26. The normalized spacial score (nSPS) is 10.4. The molecule has 0 spiro atoms. The Morgan fingerprint density at radius 2 is 1.90 bits per heavy atom. The van der Waals surface area contributed by atoms with E-state index in [2.05, 4.69) is 23.1 Å². The molecule has 0 aliphatic heterocycles. The van der Waals surface area contributed by atoms with Gasteiger partial charge in [0.2, 0.25) is 0 Å². The van der Waals surface area contributed by atoms with Crippen molar-refractivity contribution in [3.05, 3.63) is 65.2 Å². The van der Waals surface area contributed by atoms with E-state index in [1.54, 1.807) is 0 Å². The van der Waals surface area contributed by atoms with Crippen molar-refractivity contribution >= 4 is 22.9 Å². The molecule has 2 rings (SSSR count). The molecule has 0 heterocycles. The van der Waals surface area contributed by atoms with Crippen molar-refractivity contribution in [1.29, 1.82) is 0 Å². The van der Waals surface area contributed by atoms with Crippen molar-refractivity contribution in [3.8, 4) is 0 Å². The molecule has 2 aromatic rings. The Morgan fingerprint density at radius 3 is 2.48 bits per heavy atom. The molecule has 0 saturated heterocycles. The lowest BCUT2D eigenvalue weighted by Gasteiger charge is -2.25. The van der Waals surface area contributed by atoms with E-state index < -0.39 is 0 Å². The Morgan fingerprint density at radius 1 is 1.19 bits per heavy atom. The molecule has 0 aliphatic rings. The molecule has 110 valence electrons. The second-order valence-corrected chi connectivity index (χ2v) is 5.43. The highest BCUT2D eigenvalue weighted by Gasteiger charge is 2.09. The van der Waals surface area contributed by atoms with Crippen LogP contribution in [0.5, 0.6) is 0 Å². The first-order chi connectivity index (χ1) is 10.1. The van der Waals surface area contributed by atoms with Gasteiger partial charge in [0.15, 0.2) is 0 Å².